The third-order valence-electron chi connectivity index (χ3n) is 4.15. The van der Waals surface area contributed by atoms with Gasteiger partial charge in [-0.2, -0.15) is 0 Å². The van der Waals surface area contributed by atoms with Crippen LogP contribution >= 0.6 is 0 Å². The first-order chi connectivity index (χ1) is 10.0. The molecule has 0 aromatic heterocycles. The molecule has 0 heterocycles. The van der Waals surface area contributed by atoms with Gasteiger partial charge in [0.1, 0.15) is 5.82 Å². The molecule has 1 saturated carbocycles. The smallest absolute Gasteiger partial charge is 0.303 e. The molecule has 1 fully saturated rings. The zero-order chi connectivity index (χ0) is 15.3. The van der Waals surface area contributed by atoms with E-state index >= 15 is 0 Å². The monoisotopic (exact) mass is 293 g/mol. The number of aliphatic carboxylic acids is 1. The zero-order valence-electron chi connectivity index (χ0n) is 11.9. The van der Waals surface area contributed by atoms with E-state index in [0.717, 1.165) is 32.1 Å². The van der Waals surface area contributed by atoms with E-state index in [-0.39, 0.29) is 23.3 Å². The van der Waals surface area contributed by atoms with Gasteiger partial charge in [0.2, 0.25) is 0 Å². The molecule has 0 bridgehead atoms. The van der Waals surface area contributed by atoms with Crippen LogP contribution in [0.4, 0.5) is 4.39 Å². The van der Waals surface area contributed by atoms with Crippen molar-refractivity contribution in [1.82, 2.24) is 5.32 Å². The second kappa shape index (κ2) is 6.70. The van der Waals surface area contributed by atoms with Gasteiger partial charge in [-0.1, -0.05) is 25.3 Å². The minimum Gasteiger partial charge on any atom is -0.481 e. The average Bonchev–Trinajstić information content (AvgIpc) is 2.45. The Morgan fingerprint density at radius 2 is 1.95 bits per heavy atom. The van der Waals surface area contributed by atoms with Crippen LogP contribution in [0.15, 0.2) is 24.3 Å². The summed E-state index contributed by atoms with van der Waals surface area (Å²) in [6, 6.07) is 5.49. The predicted octanol–water partition coefficient (Wildman–Crippen LogP) is 2.98. The molecule has 0 saturated heterocycles. The summed E-state index contributed by atoms with van der Waals surface area (Å²) in [5, 5.41) is 11.9. The number of nitrogens with one attached hydrogen (secondary N) is 1. The summed E-state index contributed by atoms with van der Waals surface area (Å²) >= 11 is 0. The molecule has 2 N–H and O–H groups in total. The van der Waals surface area contributed by atoms with Crippen LogP contribution in [0.25, 0.3) is 0 Å². The van der Waals surface area contributed by atoms with E-state index in [2.05, 4.69) is 5.32 Å². The number of carbonyl (C=O) groups is 2. The van der Waals surface area contributed by atoms with Crippen LogP contribution in [0.3, 0.4) is 0 Å². The molecule has 5 heteroatoms. The van der Waals surface area contributed by atoms with Crippen LogP contribution in [0.2, 0.25) is 0 Å². The summed E-state index contributed by atoms with van der Waals surface area (Å²) in [6.45, 7) is 0.328. The van der Waals surface area contributed by atoms with Crippen molar-refractivity contribution in [3.8, 4) is 0 Å². The summed E-state index contributed by atoms with van der Waals surface area (Å²) in [7, 11) is 0. The molecule has 1 aliphatic rings. The first-order valence-corrected chi connectivity index (χ1v) is 7.26. The van der Waals surface area contributed by atoms with Crippen molar-refractivity contribution in [2.24, 2.45) is 5.41 Å². The van der Waals surface area contributed by atoms with E-state index in [9.17, 15) is 14.0 Å². The fourth-order valence-corrected chi connectivity index (χ4v) is 3.04. The summed E-state index contributed by atoms with van der Waals surface area (Å²) in [5.74, 6) is -1.65. The molecule has 0 unspecified atom stereocenters. The third-order valence-corrected chi connectivity index (χ3v) is 4.15. The second-order valence-corrected chi connectivity index (χ2v) is 5.82. The molecular formula is C16H20FNO3. The van der Waals surface area contributed by atoms with Gasteiger partial charge >= 0.3 is 5.97 Å². The number of amides is 1. The molecule has 114 valence electrons. The first-order valence-electron chi connectivity index (χ1n) is 7.26. The Labute approximate surface area is 123 Å². The van der Waals surface area contributed by atoms with Crippen molar-refractivity contribution in [2.45, 2.75) is 38.5 Å². The number of hydrogen-bond donors (Lipinski definition) is 2. The standard InChI is InChI=1S/C16H20FNO3/c17-13-6-4-5-12(9-13)15(21)18-11-16(10-14(19)20)7-2-1-3-8-16/h4-6,9H,1-3,7-8,10-11H2,(H,18,21)(H,19,20). The van der Waals surface area contributed by atoms with Crippen molar-refractivity contribution in [2.75, 3.05) is 6.54 Å². The van der Waals surface area contributed by atoms with Crippen molar-refractivity contribution >= 4 is 11.9 Å². The average molecular weight is 293 g/mol. The van der Waals surface area contributed by atoms with Crippen LogP contribution in [0, 0.1) is 11.2 Å². The van der Waals surface area contributed by atoms with E-state index in [1.165, 1.54) is 18.2 Å². The lowest BCUT2D eigenvalue weighted by Crippen LogP contribution is -2.40. The Kier molecular flexibility index (Phi) is 4.94. The third kappa shape index (κ3) is 4.28. The van der Waals surface area contributed by atoms with Crippen molar-refractivity contribution in [1.29, 1.82) is 0 Å². The molecule has 0 spiro atoms. The summed E-state index contributed by atoms with van der Waals surface area (Å²) in [4.78, 5) is 23.1. The molecule has 1 amide bonds. The molecule has 0 aliphatic heterocycles. The summed E-state index contributed by atoms with van der Waals surface area (Å²) in [5.41, 5.74) is -0.108. The SMILES string of the molecule is O=C(O)CC1(CNC(=O)c2cccc(F)c2)CCCCC1. The van der Waals surface area contributed by atoms with Crippen LogP contribution in [-0.2, 0) is 4.79 Å². The highest BCUT2D eigenvalue weighted by molar-refractivity contribution is 5.94. The minimum atomic E-state index is -0.836. The van der Waals surface area contributed by atoms with E-state index in [4.69, 9.17) is 5.11 Å². The number of benzene rings is 1. The van der Waals surface area contributed by atoms with Gasteiger partial charge in [-0.05, 0) is 36.5 Å². The van der Waals surface area contributed by atoms with Crippen LogP contribution < -0.4 is 5.32 Å². The Morgan fingerprint density at radius 1 is 1.24 bits per heavy atom. The molecule has 1 aromatic carbocycles. The minimum absolute atomic E-state index is 0.0659. The summed E-state index contributed by atoms with van der Waals surface area (Å²) < 4.78 is 13.1. The highest BCUT2D eigenvalue weighted by Gasteiger charge is 2.34. The molecule has 0 atom stereocenters. The highest BCUT2D eigenvalue weighted by atomic mass is 19.1. The maximum absolute atomic E-state index is 13.1. The highest BCUT2D eigenvalue weighted by Crippen LogP contribution is 2.38. The quantitative estimate of drug-likeness (QED) is 0.877. The van der Waals surface area contributed by atoms with E-state index in [0.29, 0.717) is 6.54 Å². The number of carboxylic acids is 1. The number of halogens is 1. The van der Waals surface area contributed by atoms with E-state index in [1.807, 2.05) is 0 Å². The zero-order valence-corrected chi connectivity index (χ0v) is 11.9. The number of hydrogen-bond acceptors (Lipinski definition) is 2. The molecular weight excluding hydrogens is 273 g/mol. The van der Waals surface area contributed by atoms with Crippen molar-refractivity contribution < 1.29 is 19.1 Å². The lowest BCUT2D eigenvalue weighted by Gasteiger charge is -2.36. The molecule has 0 radical (unpaired) electrons. The van der Waals surface area contributed by atoms with Gasteiger partial charge < -0.3 is 10.4 Å². The van der Waals surface area contributed by atoms with E-state index in [1.54, 1.807) is 6.07 Å². The van der Waals surface area contributed by atoms with Crippen LogP contribution in [-0.4, -0.2) is 23.5 Å². The number of rotatable bonds is 5. The Bertz CT molecular complexity index is 524. The number of carbonyl (C=O) groups excluding carboxylic acids is 1. The van der Waals surface area contributed by atoms with Crippen LogP contribution in [0.5, 0.6) is 0 Å². The molecule has 4 nitrogen and oxygen atoms in total. The maximum Gasteiger partial charge on any atom is 0.303 e. The largest absolute Gasteiger partial charge is 0.481 e. The van der Waals surface area contributed by atoms with Gasteiger partial charge in [0.25, 0.3) is 5.91 Å². The van der Waals surface area contributed by atoms with Crippen LogP contribution in [0.1, 0.15) is 48.9 Å². The summed E-state index contributed by atoms with van der Waals surface area (Å²) in [6.07, 6.45) is 4.77. The van der Waals surface area contributed by atoms with Gasteiger partial charge in [-0.25, -0.2) is 4.39 Å². The Morgan fingerprint density at radius 3 is 2.57 bits per heavy atom. The topological polar surface area (TPSA) is 66.4 Å². The lowest BCUT2D eigenvalue weighted by molar-refractivity contribution is -0.140. The normalized spacial score (nSPS) is 17.2. The van der Waals surface area contributed by atoms with Gasteiger partial charge in [0.15, 0.2) is 0 Å². The van der Waals surface area contributed by atoms with Crippen molar-refractivity contribution in [3.63, 3.8) is 0 Å². The second-order valence-electron chi connectivity index (χ2n) is 5.82. The van der Waals surface area contributed by atoms with Gasteiger partial charge in [-0.15, -0.1) is 0 Å². The van der Waals surface area contributed by atoms with Gasteiger partial charge in [-0.3, -0.25) is 9.59 Å². The Hall–Kier alpha value is -1.91. The van der Waals surface area contributed by atoms with E-state index < -0.39 is 11.8 Å². The fourth-order valence-electron chi connectivity index (χ4n) is 3.04. The lowest BCUT2D eigenvalue weighted by atomic mass is 9.71. The fraction of sp³-hybridized carbons (Fsp3) is 0.500. The Balaban J connectivity index is 2.01. The van der Waals surface area contributed by atoms with Gasteiger partial charge in [0.05, 0.1) is 6.42 Å². The molecule has 1 aliphatic carbocycles. The van der Waals surface area contributed by atoms with Gasteiger partial charge in [0, 0.05) is 12.1 Å². The molecule has 1 aromatic rings. The van der Waals surface area contributed by atoms with Crippen molar-refractivity contribution in [3.05, 3.63) is 35.6 Å². The molecule has 2 rings (SSSR count). The number of carboxylic acid groups (broad SMARTS) is 1. The predicted molar refractivity (Wildman–Crippen MR) is 76.5 cm³/mol. The molecule has 21 heavy (non-hydrogen) atoms. The maximum atomic E-state index is 13.1. The first kappa shape index (κ1) is 15.5.